The van der Waals surface area contributed by atoms with Gasteiger partial charge < -0.3 is 15.0 Å². The number of likely N-dealkylation sites (tertiary alicyclic amines) is 1. The number of sulfonamides is 1. The third-order valence-electron chi connectivity index (χ3n) is 8.45. The number of β-amino-alcohol motifs (C(OH)–C–C–N with tert-alkyl or cyclic N) is 1. The molecule has 0 bridgehead atoms. The SMILES string of the molecule is Cc1cc(-c2nn(CC(O)CN3CCC(n4c(=O)[nH]c5ccc(Cl)cc54)CC3)c3c2CN(S(C)(=O)=O)CC3)ccc1Cl. The number of nitrogens with zero attached hydrogens (tertiary/aromatic N) is 5. The minimum atomic E-state index is -3.36. The number of rotatable bonds is 7. The maximum absolute atomic E-state index is 12.7. The molecule has 2 aliphatic heterocycles. The van der Waals surface area contributed by atoms with Crippen molar-refractivity contribution in [3.8, 4) is 11.3 Å². The van der Waals surface area contributed by atoms with Gasteiger partial charge in [-0.1, -0.05) is 29.3 Å². The van der Waals surface area contributed by atoms with Crippen LogP contribution in [0.5, 0.6) is 0 Å². The van der Waals surface area contributed by atoms with Crippen LogP contribution in [0.1, 0.15) is 35.7 Å². The first-order valence-electron chi connectivity index (χ1n) is 14.1. The van der Waals surface area contributed by atoms with Crippen molar-refractivity contribution in [3.63, 3.8) is 0 Å². The Kier molecular flexibility index (Phi) is 8.01. The molecule has 4 aromatic rings. The molecule has 42 heavy (non-hydrogen) atoms. The Hall–Kier alpha value is -2.67. The van der Waals surface area contributed by atoms with Gasteiger partial charge in [0.15, 0.2) is 0 Å². The number of H-pyrrole nitrogens is 1. The number of hydrogen-bond acceptors (Lipinski definition) is 6. The minimum absolute atomic E-state index is 0.0550. The van der Waals surface area contributed by atoms with Gasteiger partial charge in [-0.15, -0.1) is 0 Å². The molecular formula is C29H34Cl2N6O4S. The van der Waals surface area contributed by atoms with Crippen molar-refractivity contribution in [2.45, 2.75) is 51.4 Å². The molecule has 0 spiro atoms. The van der Waals surface area contributed by atoms with E-state index in [9.17, 15) is 18.3 Å². The number of benzene rings is 2. The highest BCUT2D eigenvalue weighted by Crippen LogP contribution is 2.33. The zero-order valence-corrected chi connectivity index (χ0v) is 25.9. The van der Waals surface area contributed by atoms with Crippen LogP contribution in [-0.2, 0) is 29.5 Å². The molecule has 1 fully saturated rings. The number of aryl methyl sites for hydroxylation is 1. The van der Waals surface area contributed by atoms with E-state index >= 15 is 0 Å². The summed E-state index contributed by atoms with van der Waals surface area (Å²) >= 11 is 12.5. The van der Waals surface area contributed by atoms with Crippen LogP contribution >= 0.6 is 23.2 Å². The largest absolute Gasteiger partial charge is 0.390 e. The molecule has 0 saturated carbocycles. The standard InChI is InChI=1S/C29H34Cl2N6O4S/c1-18-13-19(3-5-24(18)31)28-23-17-35(42(2,40)41)12-9-26(23)36(33-28)16-22(38)15-34-10-7-21(8-11-34)37-27-14-20(30)4-6-25(27)32-29(37)39/h3-6,13-14,21-22,38H,7-12,15-17H2,1-2H3,(H,32,39). The number of aliphatic hydroxyl groups is 1. The Balaban J connectivity index is 1.17. The average molecular weight is 634 g/mol. The van der Waals surface area contributed by atoms with E-state index in [1.807, 2.05) is 46.5 Å². The van der Waals surface area contributed by atoms with Crippen molar-refractivity contribution >= 4 is 44.3 Å². The van der Waals surface area contributed by atoms with Crippen LogP contribution in [-0.4, -0.2) is 80.6 Å². The molecule has 2 aromatic carbocycles. The van der Waals surface area contributed by atoms with Crippen LogP contribution < -0.4 is 5.69 Å². The van der Waals surface area contributed by atoms with Gasteiger partial charge in [0.2, 0.25) is 10.0 Å². The van der Waals surface area contributed by atoms with E-state index in [1.165, 1.54) is 10.6 Å². The summed E-state index contributed by atoms with van der Waals surface area (Å²) in [5.74, 6) is 0. The number of hydrogen-bond donors (Lipinski definition) is 2. The topological polar surface area (TPSA) is 116 Å². The summed E-state index contributed by atoms with van der Waals surface area (Å²) in [6, 6.07) is 11.2. The summed E-state index contributed by atoms with van der Waals surface area (Å²) in [6.45, 7) is 4.81. The summed E-state index contributed by atoms with van der Waals surface area (Å²) < 4.78 is 29.8. The van der Waals surface area contributed by atoms with Crippen LogP contribution in [0.3, 0.4) is 0 Å². The van der Waals surface area contributed by atoms with Crippen LogP contribution in [0.4, 0.5) is 0 Å². The fraction of sp³-hybridized carbons (Fsp3) is 0.448. The van der Waals surface area contributed by atoms with Crippen molar-refractivity contribution in [1.82, 2.24) is 28.5 Å². The highest BCUT2D eigenvalue weighted by Gasteiger charge is 2.31. The van der Waals surface area contributed by atoms with Crippen LogP contribution in [0.2, 0.25) is 10.0 Å². The zero-order chi connectivity index (χ0) is 29.8. The van der Waals surface area contributed by atoms with Crippen molar-refractivity contribution in [2.24, 2.45) is 0 Å². The van der Waals surface area contributed by atoms with Crippen molar-refractivity contribution < 1.29 is 13.5 Å². The van der Waals surface area contributed by atoms with Gasteiger partial charge in [0.05, 0.1) is 35.6 Å². The smallest absolute Gasteiger partial charge is 0.326 e. The highest BCUT2D eigenvalue weighted by molar-refractivity contribution is 7.88. The Morgan fingerprint density at radius 1 is 1.10 bits per heavy atom. The maximum atomic E-state index is 12.7. The summed E-state index contributed by atoms with van der Waals surface area (Å²) in [7, 11) is -3.36. The summed E-state index contributed by atoms with van der Waals surface area (Å²) in [5.41, 5.74) is 5.78. The molecule has 1 saturated heterocycles. The van der Waals surface area contributed by atoms with Gasteiger partial charge in [-0.25, -0.2) is 13.2 Å². The first-order valence-corrected chi connectivity index (χ1v) is 16.7. The molecule has 2 N–H and O–H groups in total. The maximum Gasteiger partial charge on any atom is 0.326 e. The summed E-state index contributed by atoms with van der Waals surface area (Å²) in [4.78, 5) is 17.8. The molecule has 0 radical (unpaired) electrons. The number of halogens is 2. The lowest BCUT2D eigenvalue weighted by molar-refractivity contribution is 0.0763. The van der Waals surface area contributed by atoms with Crippen LogP contribution in [0, 0.1) is 6.92 Å². The molecular weight excluding hydrogens is 599 g/mol. The molecule has 0 amide bonds. The predicted octanol–water partition coefficient (Wildman–Crippen LogP) is 3.82. The third-order valence-corrected chi connectivity index (χ3v) is 10.4. The average Bonchev–Trinajstić information content (AvgIpc) is 3.46. The molecule has 4 heterocycles. The fourth-order valence-corrected chi connectivity index (χ4v) is 7.37. The number of aromatic amines is 1. The molecule has 2 aromatic heterocycles. The number of piperidine rings is 1. The van der Waals surface area contributed by atoms with Gasteiger partial charge in [-0.3, -0.25) is 9.25 Å². The number of aliphatic hydroxyl groups excluding tert-OH is 1. The second-order valence-electron chi connectivity index (χ2n) is 11.4. The Labute approximate surface area is 254 Å². The molecule has 0 aliphatic carbocycles. The molecule has 2 aliphatic rings. The minimum Gasteiger partial charge on any atom is -0.390 e. The number of fused-ring (bicyclic) bond motifs is 2. The molecule has 1 atom stereocenters. The number of imidazole rings is 1. The lowest BCUT2D eigenvalue weighted by Crippen LogP contribution is -2.42. The first kappa shape index (κ1) is 29.4. The normalized spacial score (nSPS) is 18.0. The predicted molar refractivity (Wildman–Crippen MR) is 165 cm³/mol. The van der Waals surface area contributed by atoms with E-state index in [-0.39, 0.29) is 18.3 Å². The lowest BCUT2D eigenvalue weighted by Gasteiger charge is -2.33. The molecule has 1 unspecified atom stereocenters. The van der Waals surface area contributed by atoms with Crippen LogP contribution in [0.25, 0.3) is 22.3 Å². The van der Waals surface area contributed by atoms with E-state index in [0.29, 0.717) is 36.1 Å². The molecule has 13 heteroatoms. The number of nitrogens with one attached hydrogen (secondary N) is 1. The summed E-state index contributed by atoms with van der Waals surface area (Å²) in [6.07, 6.45) is 2.64. The molecule has 224 valence electrons. The van der Waals surface area contributed by atoms with Gasteiger partial charge >= 0.3 is 5.69 Å². The Morgan fingerprint density at radius 3 is 2.57 bits per heavy atom. The Morgan fingerprint density at radius 2 is 1.86 bits per heavy atom. The van der Waals surface area contributed by atoms with Crippen molar-refractivity contribution in [2.75, 3.05) is 32.4 Å². The highest BCUT2D eigenvalue weighted by atomic mass is 35.5. The first-order chi connectivity index (χ1) is 20.0. The van der Waals surface area contributed by atoms with Gasteiger partial charge in [-0.05, 0) is 55.7 Å². The second kappa shape index (κ2) is 11.4. The second-order valence-corrected chi connectivity index (χ2v) is 14.2. The van der Waals surface area contributed by atoms with E-state index in [4.69, 9.17) is 28.3 Å². The van der Waals surface area contributed by atoms with Gasteiger partial charge in [-0.2, -0.15) is 9.40 Å². The molecule has 10 nitrogen and oxygen atoms in total. The monoisotopic (exact) mass is 632 g/mol. The van der Waals surface area contributed by atoms with Crippen molar-refractivity contribution in [3.05, 3.63) is 73.7 Å². The van der Waals surface area contributed by atoms with E-state index in [1.54, 1.807) is 6.07 Å². The van der Waals surface area contributed by atoms with Gasteiger partial charge in [0.25, 0.3) is 0 Å². The van der Waals surface area contributed by atoms with E-state index in [0.717, 1.165) is 65.0 Å². The van der Waals surface area contributed by atoms with Gasteiger partial charge in [0, 0.05) is 72.1 Å². The molecule has 6 rings (SSSR count). The van der Waals surface area contributed by atoms with Crippen molar-refractivity contribution in [1.29, 1.82) is 0 Å². The lowest BCUT2D eigenvalue weighted by atomic mass is 10.0. The zero-order valence-electron chi connectivity index (χ0n) is 23.6. The van der Waals surface area contributed by atoms with E-state index < -0.39 is 16.1 Å². The van der Waals surface area contributed by atoms with Crippen LogP contribution in [0.15, 0.2) is 41.2 Å². The van der Waals surface area contributed by atoms with E-state index in [2.05, 4.69) is 9.88 Å². The Bertz CT molecular complexity index is 1810. The summed E-state index contributed by atoms with van der Waals surface area (Å²) in [5, 5.41) is 17.3. The third kappa shape index (κ3) is 5.78. The fourth-order valence-electron chi connectivity index (χ4n) is 6.30. The quantitative estimate of drug-likeness (QED) is 0.320. The number of aromatic nitrogens is 4. The van der Waals surface area contributed by atoms with Gasteiger partial charge in [0.1, 0.15) is 0 Å².